The van der Waals surface area contributed by atoms with Crippen molar-refractivity contribution in [2.24, 2.45) is 11.1 Å². The molecule has 1 aliphatic carbocycles. The van der Waals surface area contributed by atoms with Gasteiger partial charge in [0.2, 0.25) is 5.91 Å². The van der Waals surface area contributed by atoms with Crippen molar-refractivity contribution in [3.8, 4) is 0 Å². The molecule has 1 saturated heterocycles. The monoisotopic (exact) mass is 281 g/mol. The molecular weight excluding hydrogens is 250 g/mol. The van der Waals surface area contributed by atoms with Gasteiger partial charge in [-0.1, -0.05) is 6.42 Å². The lowest BCUT2D eigenvalue weighted by atomic mass is 9.66. The lowest BCUT2D eigenvalue weighted by Gasteiger charge is -2.42. The molecule has 2 rings (SSSR count). The van der Waals surface area contributed by atoms with Crippen LogP contribution in [0.15, 0.2) is 0 Å². The predicted octanol–water partition coefficient (Wildman–Crippen LogP) is 1.88. The van der Waals surface area contributed by atoms with Gasteiger partial charge in [-0.25, -0.2) is 0 Å². The fourth-order valence-electron chi connectivity index (χ4n) is 3.44. The van der Waals surface area contributed by atoms with Crippen molar-refractivity contribution in [1.29, 1.82) is 0 Å². The molecule has 0 unspecified atom stereocenters. The first kappa shape index (κ1) is 15.8. The lowest BCUT2D eigenvalue weighted by molar-refractivity contribution is -0.125. The van der Waals surface area contributed by atoms with Crippen molar-refractivity contribution in [3.05, 3.63) is 0 Å². The number of piperidine rings is 1. The number of likely N-dealkylation sites (tertiary alicyclic amines) is 1. The number of rotatable bonds is 4. The summed E-state index contributed by atoms with van der Waals surface area (Å²) in [6.45, 7) is 9.59. The van der Waals surface area contributed by atoms with Crippen LogP contribution in [0.4, 0.5) is 0 Å². The standard InChI is InChI=1S/C16H31N3O/c1-15(2,3)19-9-5-13(6-10-19)18-14(20)11-16(12-17)7-4-8-16/h13H,4-12,17H2,1-3H3,(H,18,20). The van der Waals surface area contributed by atoms with Crippen LogP contribution in [0, 0.1) is 5.41 Å². The first-order valence-electron chi connectivity index (χ1n) is 8.09. The Bertz CT molecular complexity index is 331. The number of hydrogen-bond donors (Lipinski definition) is 2. The molecule has 0 bridgehead atoms. The normalized spacial score (nSPS) is 24.2. The molecule has 0 aromatic carbocycles. The molecule has 116 valence electrons. The Kier molecular flexibility index (Phi) is 4.75. The van der Waals surface area contributed by atoms with E-state index in [1.54, 1.807) is 0 Å². The third-order valence-electron chi connectivity index (χ3n) is 5.19. The van der Waals surface area contributed by atoms with E-state index < -0.39 is 0 Å². The van der Waals surface area contributed by atoms with Crippen molar-refractivity contribution in [3.63, 3.8) is 0 Å². The summed E-state index contributed by atoms with van der Waals surface area (Å²) in [4.78, 5) is 14.7. The van der Waals surface area contributed by atoms with E-state index in [9.17, 15) is 4.79 Å². The first-order valence-corrected chi connectivity index (χ1v) is 8.09. The van der Waals surface area contributed by atoms with Gasteiger partial charge in [0.1, 0.15) is 0 Å². The Morgan fingerprint density at radius 1 is 1.30 bits per heavy atom. The molecule has 1 aliphatic heterocycles. The van der Waals surface area contributed by atoms with Gasteiger partial charge in [-0.3, -0.25) is 9.69 Å². The topological polar surface area (TPSA) is 58.4 Å². The van der Waals surface area contributed by atoms with E-state index in [1.165, 1.54) is 6.42 Å². The summed E-state index contributed by atoms with van der Waals surface area (Å²) in [5.41, 5.74) is 6.19. The summed E-state index contributed by atoms with van der Waals surface area (Å²) in [5, 5.41) is 3.23. The Morgan fingerprint density at radius 2 is 1.90 bits per heavy atom. The highest BCUT2D eigenvalue weighted by Crippen LogP contribution is 2.42. The molecular formula is C16H31N3O. The van der Waals surface area contributed by atoms with Crippen LogP contribution in [0.25, 0.3) is 0 Å². The SMILES string of the molecule is CC(C)(C)N1CCC(NC(=O)CC2(CN)CCC2)CC1. The number of nitrogens with one attached hydrogen (secondary N) is 1. The van der Waals surface area contributed by atoms with Crippen molar-refractivity contribution >= 4 is 5.91 Å². The maximum atomic E-state index is 12.2. The molecule has 0 radical (unpaired) electrons. The number of hydrogen-bond acceptors (Lipinski definition) is 3. The summed E-state index contributed by atoms with van der Waals surface area (Å²) in [5.74, 6) is 0.212. The molecule has 3 N–H and O–H groups in total. The van der Waals surface area contributed by atoms with Gasteiger partial charge in [0.25, 0.3) is 0 Å². The minimum Gasteiger partial charge on any atom is -0.353 e. The highest BCUT2D eigenvalue weighted by atomic mass is 16.1. The Morgan fingerprint density at radius 3 is 2.30 bits per heavy atom. The Labute approximate surface area is 123 Å². The summed E-state index contributed by atoms with van der Waals surface area (Å²) in [7, 11) is 0. The van der Waals surface area contributed by atoms with E-state index >= 15 is 0 Å². The quantitative estimate of drug-likeness (QED) is 0.827. The molecule has 0 atom stereocenters. The molecule has 1 amide bonds. The molecule has 0 aromatic rings. The zero-order chi connectivity index (χ0) is 14.8. The second kappa shape index (κ2) is 6.02. The van der Waals surface area contributed by atoms with E-state index in [0.717, 1.165) is 38.8 Å². The number of nitrogens with zero attached hydrogens (tertiary/aromatic N) is 1. The fraction of sp³-hybridized carbons (Fsp3) is 0.938. The van der Waals surface area contributed by atoms with E-state index in [2.05, 4.69) is 31.0 Å². The predicted molar refractivity (Wildman–Crippen MR) is 82.4 cm³/mol. The summed E-state index contributed by atoms with van der Waals surface area (Å²) in [6.07, 6.45) is 6.24. The lowest BCUT2D eigenvalue weighted by Crippen LogP contribution is -2.51. The van der Waals surface area contributed by atoms with Crippen molar-refractivity contribution in [2.45, 2.75) is 70.9 Å². The summed E-state index contributed by atoms with van der Waals surface area (Å²) >= 11 is 0. The largest absolute Gasteiger partial charge is 0.353 e. The van der Waals surface area contributed by atoms with Crippen LogP contribution in [0.1, 0.15) is 59.3 Å². The van der Waals surface area contributed by atoms with Gasteiger partial charge in [-0.05, 0) is 58.4 Å². The minimum absolute atomic E-state index is 0.121. The fourth-order valence-corrected chi connectivity index (χ4v) is 3.44. The van der Waals surface area contributed by atoms with Gasteiger partial charge in [0, 0.05) is 31.1 Å². The molecule has 2 fully saturated rings. The number of carbonyl (C=O) groups is 1. The van der Waals surface area contributed by atoms with Crippen molar-refractivity contribution in [1.82, 2.24) is 10.2 Å². The molecule has 4 heteroatoms. The van der Waals surface area contributed by atoms with Gasteiger partial charge in [0.05, 0.1) is 0 Å². The maximum Gasteiger partial charge on any atom is 0.220 e. The Balaban J connectivity index is 1.74. The number of nitrogens with two attached hydrogens (primary N) is 1. The molecule has 1 heterocycles. The Hall–Kier alpha value is -0.610. The zero-order valence-electron chi connectivity index (χ0n) is 13.4. The van der Waals surface area contributed by atoms with E-state index in [0.29, 0.717) is 19.0 Å². The van der Waals surface area contributed by atoms with Crippen molar-refractivity contribution < 1.29 is 4.79 Å². The van der Waals surface area contributed by atoms with Gasteiger partial charge in [0.15, 0.2) is 0 Å². The highest BCUT2D eigenvalue weighted by molar-refractivity contribution is 5.77. The zero-order valence-corrected chi connectivity index (χ0v) is 13.4. The number of amides is 1. The molecule has 20 heavy (non-hydrogen) atoms. The molecule has 4 nitrogen and oxygen atoms in total. The summed E-state index contributed by atoms with van der Waals surface area (Å²) in [6, 6.07) is 0.357. The summed E-state index contributed by atoms with van der Waals surface area (Å²) < 4.78 is 0. The minimum atomic E-state index is 0.121. The van der Waals surface area contributed by atoms with Crippen LogP contribution < -0.4 is 11.1 Å². The average Bonchev–Trinajstić information content (AvgIpc) is 2.33. The number of carbonyl (C=O) groups excluding carboxylic acids is 1. The average molecular weight is 281 g/mol. The molecule has 2 aliphatic rings. The van der Waals surface area contributed by atoms with Crippen LogP contribution in [0.3, 0.4) is 0 Å². The third-order valence-corrected chi connectivity index (χ3v) is 5.19. The van der Waals surface area contributed by atoms with Gasteiger partial charge >= 0.3 is 0 Å². The van der Waals surface area contributed by atoms with E-state index in [4.69, 9.17) is 5.73 Å². The smallest absolute Gasteiger partial charge is 0.220 e. The second-order valence-electron chi connectivity index (χ2n) is 7.73. The van der Waals surface area contributed by atoms with Crippen LogP contribution in [-0.2, 0) is 4.79 Å². The van der Waals surface area contributed by atoms with Crippen LogP contribution >= 0.6 is 0 Å². The molecule has 1 saturated carbocycles. The van der Waals surface area contributed by atoms with Gasteiger partial charge in [-0.2, -0.15) is 0 Å². The molecule has 0 aromatic heterocycles. The second-order valence-corrected chi connectivity index (χ2v) is 7.73. The van der Waals surface area contributed by atoms with Crippen molar-refractivity contribution in [2.75, 3.05) is 19.6 Å². The van der Waals surface area contributed by atoms with Gasteiger partial charge in [-0.15, -0.1) is 0 Å². The first-order chi connectivity index (χ1) is 9.35. The van der Waals surface area contributed by atoms with Gasteiger partial charge < -0.3 is 11.1 Å². The van der Waals surface area contributed by atoms with Crippen LogP contribution in [0.5, 0.6) is 0 Å². The van der Waals surface area contributed by atoms with E-state index in [1.807, 2.05) is 0 Å². The highest BCUT2D eigenvalue weighted by Gasteiger charge is 2.38. The van der Waals surface area contributed by atoms with E-state index in [-0.39, 0.29) is 16.9 Å². The third kappa shape index (κ3) is 3.73. The molecule has 0 spiro atoms. The van der Waals surface area contributed by atoms with Crippen LogP contribution in [-0.4, -0.2) is 42.0 Å². The maximum absolute atomic E-state index is 12.2. The van der Waals surface area contributed by atoms with Crippen LogP contribution in [0.2, 0.25) is 0 Å².